The van der Waals surface area contributed by atoms with Gasteiger partial charge in [0.15, 0.2) is 0 Å². The van der Waals surface area contributed by atoms with Crippen molar-refractivity contribution in [3.8, 4) is 0 Å². The second kappa shape index (κ2) is 8.88. The number of nitrogens with zero attached hydrogens (tertiary/aromatic N) is 2. The van der Waals surface area contributed by atoms with E-state index in [4.69, 9.17) is 0 Å². The van der Waals surface area contributed by atoms with E-state index in [1.807, 2.05) is 29.9 Å². The summed E-state index contributed by atoms with van der Waals surface area (Å²) >= 11 is 1.62. The zero-order valence-corrected chi connectivity index (χ0v) is 19.4. The van der Waals surface area contributed by atoms with Gasteiger partial charge in [-0.15, -0.1) is 0 Å². The summed E-state index contributed by atoms with van der Waals surface area (Å²) in [4.78, 5) is 23.1. The van der Waals surface area contributed by atoms with Gasteiger partial charge in [-0.1, -0.05) is 18.2 Å². The molecule has 5 nitrogen and oxygen atoms in total. The van der Waals surface area contributed by atoms with Gasteiger partial charge in [0.1, 0.15) is 0 Å². The Morgan fingerprint density at radius 2 is 2.09 bits per heavy atom. The summed E-state index contributed by atoms with van der Waals surface area (Å²) in [5.74, 6) is 0.0626. The smallest absolute Gasteiger partial charge is 0.224 e. The maximum Gasteiger partial charge on any atom is 0.224 e. The summed E-state index contributed by atoms with van der Waals surface area (Å²) < 4.78 is 0. The minimum Gasteiger partial charge on any atom is -0.358 e. The largest absolute Gasteiger partial charge is 0.358 e. The number of benzene rings is 1. The number of carbonyl (C=O) groups is 1. The molecule has 0 saturated heterocycles. The second-order valence-electron chi connectivity index (χ2n) is 8.65. The van der Waals surface area contributed by atoms with E-state index in [0.717, 1.165) is 37.3 Å². The monoisotopic (exact) mass is 444 g/mol. The first-order valence-electron chi connectivity index (χ1n) is 11.1. The third-order valence-corrected chi connectivity index (χ3v) is 7.22. The molecule has 1 aromatic carbocycles. The van der Waals surface area contributed by atoms with Crippen LogP contribution in [0.3, 0.4) is 0 Å². The number of pyridine rings is 1. The van der Waals surface area contributed by atoms with E-state index in [9.17, 15) is 4.79 Å². The van der Waals surface area contributed by atoms with Crippen molar-refractivity contribution in [2.24, 2.45) is 0 Å². The fraction of sp³-hybridized carbons (Fsp3) is 0.308. The number of fused-ring (bicyclic) bond motifs is 2. The second-order valence-corrected chi connectivity index (χ2v) is 9.43. The molecule has 6 heteroatoms. The number of thiophene rings is 1. The maximum atomic E-state index is 12.4. The van der Waals surface area contributed by atoms with Crippen LogP contribution < -0.4 is 5.32 Å². The Morgan fingerprint density at radius 1 is 1.22 bits per heavy atom. The number of aromatic nitrogens is 2. The Balaban J connectivity index is 1.30. The van der Waals surface area contributed by atoms with E-state index in [0.29, 0.717) is 13.0 Å². The Bertz CT molecular complexity index is 1260. The molecule has 5 rings (SSSR count). The Labute approximate surface area is 192 Å². The first-order chi connectivity index (χ1) is 15.6. The molecule has 1 aliphatic rings. The Hall–Kier alpha value is -2.96. The van der Waals surface area contributed by atoms with Gasteiger partial charge in [-0.2, -0.15) is 11.3 Å². The van der Waals surface area contributed by atoms with Crippen LogP contribution in [0.1, 0.15) is 39.2 Å². The molecule has 0 bridgehead atoms. The van der Waals surface area contributed by atoms with Gasteiger partial charge < -0.3 is 10.3 Å². The topological polar surface area (TPSA) is 61.0 Å². The van der Waals surface area contributed by atoms with E-state index in [1.165, 1.54) is 38.9 Å². The SMILES string of the molecule is Cc1ncc2c(c1CNC(=O)Cc1ccsc1)CCN(Cc1c(C)[nH]c3ccccc13)C2. The van der Waals surface area contributed by atoms with E-state index < -0.39 is 0 Å². The fourth-order valence-corrected chi connectivity index (χ4v) is 5.41. The zero-order chi connectivity index (χ0) is 22.1. The van der Waals surface area contributed by atoms with Crippen molar-refractivity contribution in [3.63, 3.8) is 0 Å². The molecule has 164 valence electrons. The minimum atomic E-state index is 0.0626. The normalized spacial score (nSPS) is 13.9. The van der Waals surface area contributed by atoms with E-state index in [2.05, 4.69) is 51.4 Å². The molecule has 0 aliphatic carbocycles. The number of para-hydroxylation sites is 1. The van der Waals surface area contributed by atoms with E-state index >= 15 is 0 Å². The lowest BCUT2D eigenvalue weighted by Gasteiger charge is -2.30. The highest BCUT2D eigenvalue weighted by atomic mass is 32.1. The van der Waals surface area contributed by atoms with Crippen molar-refractivity contribution < 1.29 is 4.79 Å². The number of carbonyl (C=O) groups excluding carboxylic acids is 1. The average Bonchev–Trinajstić information content (AvgIpc) is 3.41. The van der Waals surface area contributed by atoms with Crippen molar-refractivity contribution in [1.82, 2.24) is 20.2 Å². The number of hydrogen-bond donors (Lipinski definition) is 2. The summed E-state index contributed by atoms with van der Waals surface area (Å²) in [7, 11) is 0. The molecule has 0 radical (unpaired) electrons. The van der Waals surface area contributed by atoms with Crippen molar-refractivity contribution >= 4 is 28.1 Å². The lowest BCUT2D eigenvalue weighted by atomic mass is 9.94. The minimum absolute atomic E-state index is 0.0626. The van der Waals surface area contributed by atoms with Crippen LogP contribution in [0.2, 0.25) is 0 Å². The van der Waals surface area contributed by atoms with Crippen LogP contribution >= 0.6 is 11.3 Å². The number of rotatable bonds is 6. The summed E-state index contributed by atoms with van der Waals surface area (Å²) in [5, 5.41) is 8.46. The van der Waals surface area contributed by atoms with Crippen LogP contribution in [-0.2, 0) is 37.3 Å². The lowest BCUT2D eigenvalue weighted by Crippen LogP contribution is -2.32. The van der Waals surface area contributed by atoms with Crippen molar-refractivity contribution in [1.29, 1.82) is 0 Å². The first-order valence-corrected chi connectivity index (χ1v) is 12.1. The van der Waals surface area contributed by atoms with Crippen LogP contribution in [0, 0.1) is 13.8 Å². The summed E-state index contributed by atoms with van der Waals surface area (Å²) in [6.45, 7) is 7.57. The maximum absolute atomic E-state index is 12.4. The number of aryl methyl sites for hydroxylation is 2. The standard InChI is InChI=1S/C26H28N4OS/c1-17-23(13-28-26(31)11-19-8-10-32-16-19)21-7-9-30(14-20(21)12-27-17)15-24-18(2)29-25-6-4-3-5-22(24)25/h3-6,8,10,12,16,29H,7,9,11,13-15H2,1-2H3,(H,28,31). The molecule has 4 aromatic rings. The van der Waals surface area contributed by atoms with Gasteiger partial charge in [0.2, 0.25) is 5.91 Å². The van der Waals surface area contributed by atoms with Crippen molar-refractivity contribution in [2.75, 3.05) is 6.54 Å². The predicted molar refractivity (Wildman–Crippen MR) is 130 cm³/mol. The Morgan fingerprint density at radius 3 is 2.94 bits per heavy atom. The predicted octanol–water partition coefficient (Wildman–Crippen LogP) is 4.66. The molecule has 0 atom stereocenters. The van der Waals surface area contributed by atoms with Gasteiger partial charge in [0.25, 0.3) is 0 Å². The molecule has 2 N–H and O–H groups in total. The number of hydrogen-bond acceptors (Lipinski definition) is 4. The molecule has 0 fully saturated rings. The van der Waals surface area contributed by atoms with Gasteiger partial charge in [-0.3, -0.25) is 14.7 Å². The summed E-state index contributed by atoms with van der Waals surface area (Å²) in [6.07, 6.45) is 3.44. The molecule has 0 unspecified atom stereocenters. The van der Waals surface area contributed by atoms with Crippen LogP contribution in [0.5, 0.6) is 0 Å². The molecule has 0 saturated carbocycles. The molecular formula is C26H28N4OS. The highest BCUT2D eigenvalue weighted by molar-refractivity contribution is 7.08. The van der Waals surface area contributed by atoms with Crippen molar-refractivity contribution in [3.05, 3.63) is 86.5 Å². The van der Waals surface area contributed by atoms with E-state index in [-0.39, 0.29) is 5.91 Å². The molecule has 1 amide bonds. The van der Waals surface area contributed by atoms with Gasteiger partial charge in [-0.25, -0.2) is 0 Å². The van der Waals surface area contributed by atoms with Gasteiger partial charge >= 0.3 is 0 Å². The summed E-state index contributed by atoms with van der Waals surface area (Å²) in [5.41, 5.74) is 9.74. The highest BCUT2D eigenvalue weighted by Gasteiger charge is 2.22. The molecule has 32 heavy (non-hydrogen) atoms. The highest BCUT2D eigenvalue weighted by Crippen LogP contribution is 2.28. The molecule has 0 spiro atoms. The quantitative estimate of drug-likeness (QED) is 0.455. The number of H-pyrrole nitrogens is 1. The van der Waals surface area contributed by atoms with Gasteiger partial charge in [-0.05, 0) is 71.0 Å². The number of nitrogens with one attached hydrogen (secondary N) is 2. The van der Waals surface area contributed by atoms with E-state index in [1.54, 1.807) is 11.3 Å². The third-order valence-electron chi connectivity index (χ3n) is 6.49. The third kappa shape index (κ3) is 4.20. The van der Waals surface area contributed by atoms with Crippen LogP contribution in [0.25, 0.3) is 10.9 Å². The molecule has 1 aliphatic heterocycles. The zero-order valence-electron chi connectivity index (χ0n) is 18.6. The average molecular weight is 445 g/mol. The molecule has 4 heterocycles. The van der Waals surface area contributed by atoms with Crippen LogP contribution in [0.15, 0.2) is 47.3 Å². The molecular weight excluding hydrogens is 416 g/mol. The van der Waals surface area contributed by atoms with Gasteiger partial charge in [0.05, 0.1) is 6.42 Å². The number of amides is 1. The van der Waals surface area contributed by atoms with Crippen molar-refractivity contribution in [2.45, 2.75) is 46.3 Å². The lowest BCUT2D eigenvalue weighted by molar-refractivity contribution is -0.120. The van der Waals surface area contributed by atoms with Crippen LogP contribution in [-0.4, -0.2) is 27.3 Å². The number of aromatic amines is 1. The first kappa shape index (κ1) is 20.9. The Kier molecular flexibility index (Phi) is 5.81. The summed E-state index contributed by atoms with van der Waals surface area (Å²) in [6, 6.07) is 10.5. The van der Waals surface area contributed by atoms with Crippen LogP contribution in [0.4, 0.5) is 0 Å². The molecule has 3 aromatic heterocycles. The fourth-order valence-electron chi connectivity index (χ4n) is 4.74. The van der Waals surface area contributed by atoms with Gasteiger partial charge in [0, 0.05) is 54.7 Å².